The molecule has 0 aromatic carbocycles. The molecule has 16 heavy (non-hydrogen) atoms. The zero-order chi connectivity index (χ0) is 12.2. The van der Waals surface area contributed by atoms with Crippen LogP contribution in [0.3, 0.4) is 0 Å². The molecule has 0 unspecified atom stereocenters. The minimum absolute atomic E-state index is 0.148. The first kappa shape index (κ1) is 14.7. The number of hydrogen-bond donors (Lipinski definition) is 0. The summed E-state index contributed by atoms with van der Waals surface area (Å²) in [4.78, 5) is 21.5. The Morgan fingerprint density at radius 1 is 1.00 bits per heavy atom. The minimum Gasteiger partial charge on any atom is -0.469 e. The Kier molecular flexibility index (Phi) is 9.36. The van der Waals surface area contributed by atoms with Crippen LogP contribution in [0.4, 0.5) is 0 Å². The number of unbranched alkanes of at least 4 members (excludes halogenated alkanes) is 4. The van der Waals surface area contributed by atoms with Crippen molar-refractivity contribution in [2.75, 3.05) is 14.2 Å². The summed E-state index contributed by atoms with van der Waals surface area (Å²) in [5.41, 5.74) is 0. The molecule has 4 nitrogen and oxygen atoms in total. The third-order valence-electron chi connectivity index (χ3n) is 2.18. The monoisotopic (exact) mass is 228 g/mol. The van der Waals surface area contributed by atoms with Crippen LogP contribution in [-0.2, 0) is 19.1 Å². The third-order valence-corrected chi connectivity index (χ3v) is 2.18. The summed E-state index contributed by atoms with van der Waals surface area (Å²) in [6.07, 6.45) is 8.58. The molecule has 0 bridgehead atoms. The predicted molar refractivity (Wildman–Crippen MR) is 60.9 cm³/mol. The lowest BCUT2D eigenvalue weighted by atomic mass is 10.1. The lowest BCUT2D eigenvalue weighted by molar-refractivity contribution is -0.140. The average Bonchev–Trinajstić information content (AvgIpc) is 2.31. The first-order valence-corrected chi connectivity index (χ1v) is 5.52. The van der Waals surface area contributed by atoms with Crippen molar-refractivity contribution in [2.24, 2.45) is 0 Å². The first-order chi connectivity index (χ1) is 7.70. The zero-order valence-corrected chi connectivity index (χ0v) is 10.0. The van der Waals surface area contributed by atoms with Gasteiger partial charge in [-0.15, -0.1) is 0 Å². The maximum Gasteiger partial charge on any atom is 0.330 e. The van der Waals surface area contributed by atoms with E-state index in [1.807, 2.05) is 6.08 Å². The Morgan fingerprint density at radius 3 is 2.31 bits per heavy atom. The highest BCUT2D eigenvalue weighted by Crippen LogP contribution is 2.06. The van der Waals surface area contributed by atoms with Gasteiger partial charge in [0.05, 0.1) is 14.2 Å². The van der Waals surface area contributed by atoms with E-state index in [-0.39, 0.29) is 11.9 Å². The van der Waals surface area contributed by atoms with Crippen LogP contribution in [0.2, 0.25) is 0 Å². The number of esters is 2. The number of carbonyl (C=O) groups excluding carboxylic acids is 2. The molecular weight excluding hydrogens is 208 g/mol. The van der Waals surface area contributed by atoms with Crippen LogP contribution in [0.15, 0.2) is 12.2 Å². The molecule has 0 aliphatic heterocycles. The Labute approximate surface area is 96.6 Å². The molecule has 0 aromatic rings. The molecule has 0 rings (SSSR count). The molecule has 0 saturated carbocycles. The van der Waals surface area contributed by atoms with Gasteiger partial charge in [0, 0.05) is 12.5 Å². The Balaban J connectivity index is 3.24. The minimum atomic E-state index is -0.314. The van der Waals surface area contributed by atoms with Crippen molar-refractivity contribution < 1.29 is 19.1 Å². The largest absolute Gasteiger partial charge is 0.469 e. The summed E-state index contributed by atoms with van der Waals surface area (Å²) < 4.78 is 8.99. The van der Waals surface area contributed by atoms with E-state index in [0.29, 0.717) is 6.42 Å². The molecule has 0 spiro atoms. The van der Waals surface area contributed by atoms with Crippen molar-refractivity contribution in [1.29, 1.82) is 0 Å². The molecule has 0 fully saturated rings. The number of carbonyl (C=O) groups is 2. The average molecular weight is 228 g/mol. The topological polar surface area (TPSA) is 52.6 Å². The Morgan fingerprint density at radius 2 is 1.69 bits per heavy atom. The second kappa shape index (κ2) is 10.2. The van der Waals surface area contributed by atoms with Crippen LogP contribution in [0.1, 0.15) is 38.5 Å². The second-order valence-electron chi connectivity index (χ2n) is 3.45. The van der Waals surface area contributed by atoms with E-state index in [9.17, 15) is 9.59 Å². The maximum absolute atomic E-state index is 10.8. The summed E-state index contributed by atoms with van der Waals surface area (Å²) >= 11 is 0. The van der Waals surface area contributed by atoms with Crippen LogP contribution < -0.4 is 0 Å². The fourth-order valence-corrected chi connectivity index (χ4v) is 1.23. The highest BCUT2D eigenvalue weighted by Gasteiger charge is 1.98. The van der Waals surface area contributed by atoms with Gasteiger partial charge in [0.25, 0.3) is 0 Å². The van der Waals surface area contributed by atoms with Crippen LogP contribution >= 0.6 is 0 Å². The fraction of sp³-hybridized carbons (Fsp3) is 0.667. The van der Waals surface area contributed by atoms with E-state index in [1.54, 1.807) is 0 Å². The van der Waals surface area contributed by atoms with E-state index in [0.717, 1.165) is 32.1 Å². The molecule has 0 aromatic heterocycles. The van der Waals surface area contributed by atoms with Crippen LogP contribution in [0.25, 0.3) is 0 Å². The first-order valence-electron chi connectivity index (χ1n) is 5.52. The molecule has 0 aliphatic carbocycles. The summed E-state index contributed by atoms with van der Waals surface area (Å²) in [7, 11) is 2.76. The molecule has 0 atom stereocenters. The molecule has 0 amide bonds. The number of rotatable bonds is 8. The van der Waals surface area contributed by atoms with Gasteiger partial charge in [0.1, 0.15) is 0 Å². The number of ether oxygens (including phenoxy) is 2. The molecule has 4 heteroatoms. The number of allylic oxidation sites excluding steroid dienone is 1. The van der Waals surface area contributed by atoms with E-state index >= 15 is 0 Å². The molecule has 0 aliphatic rings. The SMILES string of the molecule is COC(=O)C=CCCCCCCC(=O)OC. The van der Waals surface area contributed by atoms with Crippen LogP contribution in [-0.4, -0.2) is 26.2 Å². The van der Waals surface area contributed by atoms with Crippen molar-refractivity contribution >= 4 is 11.9 Å². The third kappa shape index (κ3) is 9.24. The highest BCUT2D eigenvalue weighted by molar-refractivity contribution is 5.81. The molecule has 0 radical (unpaired) electrons. The maximum atomic E-state index is 10.8. The van der Waals surface area contributed by atoms with Crippen molar-refractivity contribution in [3.8, 4) is 0 Å². The molecule has 0 saturated heterocycles. The fourth-order valence-electron chi connectivity index (χ4n) is 1.23. The predicted octanol–water partition coefficient (Wildman–Crippen LogP) is 2.23. The van der Waals surface area contributed by atoms with Gasteiger partial charge < -0.3 is 9.47 Å². The van der Waals surface area contributed by atoms with Gasteiger partial charge in [-0.3, -0.25) is 4.79 Å². The smallest absolute Gasteiger partial charge is 0.330 e. The van der Waals surface area contributed by atoms with Crippen LogP contribution in [0.5, 0.6) is 0 Å². The van der Waals surface area contributed by atoms with Gasteiger partial charge in [0.2, 0.25) is 0 Å². The Bertz CT molecular complexity index is 233. The van der Waals surface area contributed by atoms with Crippen molar-refractivity contribution in [3.63, 3.8) is 0 Å². The standard InChI is InChI=1S/C12H20O4/c1-15-11(13)9-7-5-3-4-6-8-10-12(14)16-2/h7,9H,3-6,8,10H2,1-2H3. The lowest BCUT2D eigenvalue weighted by Gasteiger charge is -1.99. The summed E-state index contributed by atoms with van der Waals surface area (Å²) in [5.74, 6) is -0.462. The molecule has 0 N–H and O–H groups in total. The van der Waals surface area contributed by atoms with Gasteiger partial charge in [-0.25, -0.2) is 4.79 Å². The lowest BCUT2D eigenvalue weighted by Crippen LogP contribution is -1.99. The molecule has 0 heterocycles. The van der Waals surface area contributed by atoms with E-state index in [1.165, 1.54) is 20.3 Å². The molecule has 92 valence electrons. The quantitative estimate of drug-likeness (QED) is 0.363. The summed E-state index contributed by atoms with van der Waals surface area (Å²) in [6.45, 7) is 0. The number of methoxy groups -OCH3 is 2. The van der Waals surface area contributed by atoms with E-state index in [4.69, 9.17) is 0 Å². The van der Waals surface area contributed by atoms with Crippen molar-refractivity contribution in [3.05, 3.63) is 12.2 Å². The van der Waals surface area contributed by atoms with Gasteiger partial charge in [0.15, 0.2) is 0 Å². The normalized spacial score (nSPS) is 10.4. The van der Waals surface area contributed by atoms with Crippen molar-refractivity contribution in [1.82, 2.24) is 0 Å². The summed E-state index contributed by atoms with van der Waals surface area (Å²) in [6, 6.07) is 0. The summed E-state index contributed by atoms with van der Waals surface area (Å²) in [5, 5.41) is 0. The van der Waals surface area contributed by atoms with E-state index < -0.39 is 0 Å². The van der Waals surface area contributed by atoms with Gasteiger partial charge in [-0.05, 0) is 19.3 Å². The van der Waals surface area contributed by atoms with Gasteiger partial charge in [-0.2, -0.15) is 0 Å². The van der Waals surface area contributed by atoms with Gasteiger partial charge in [-0.1, -0.05) is 18.9 Å². The second-order valence-corrected chi connectivity index (χ2v) is 3.45. The van der Waals surface area contributed by atoms with Gasteiger partial charge >= 0.3 is 11.9 Å². The van der Waals surface area contributed by atoms with E-state index in [2.05, 4.69) is 9.47 Å². The van der Waals surface area contributed by atoms with Crippen molar-refractivity contribution in [2.45, 2.75) is 38.5 Å². The van der Waals surface area contributed by atoms with Crippen LogP contribution in [0, 0.1) is 0 Å². The highest BCUT2D eigenvalue weighted by atomic mass is 16.5. The molecular formula is C12H20O4. The Hall–Kier alpha value is -1.32. The zero-order valence-electron chi connectivity index (χ0n) is 10.0. The number of hydrogen-bond acceptors (Lipinski definition) is 4.